The highest BCUT2D eigenvalue weighted by molar-refractivity contribution is 5.24. The molecule has 0 aliphatic rings. The van der Waals surface area contributed by atoms with Crippen molar-refractivity contribution in [2.24, 2.45) is 0 Å². The highest BCUT2D eigenvalue weighted by Crippen LogP contribution is 2.19. The van der Waals surface area contributed by atoms with Crippen LogP contribution in [0.4, 0.5) is 0 Å². The summed E-state index contributed by atoms with van der Waals surface area (Å²) in [5.74, 6) is 0. The minimum Gasteiger partial charge on any atom is -0.388 e. The van der Waals surface area contributed by atoms with Gasteiger partial charge in [-0.2, -0.15) is 0 Å². The predicted octanol–water partition coefficient (Wildman–Crippen LogP) is 2.37. The molecule has 0 radical (unpaired) electrons. The van der Waals surface area contributed by atoms with E-state index in [1.54, 1.807) is 12.4 Å². The molecule has 0 saturated carbocycles. The summed E-state index contributed by atoms with van der Waals surface area (Å²) in [5, 5.41) is 10.2. The summed E-state index contributed by atoms with van der Waals surface area (Å²) in [6, 6.07) is 7.70. The fourth-order valence-corrected chi connectivity index (χ4v) is 1.92. The van der Waals surface area contributed by atoms with E-state index in [9.17, 15) is 5.11 Å². The van der Waals surface area contributed by atoms with E-state index in [1.165, 1.54) is 0 Å². The van der Waals surface area contributed by atoms with Crippen LogP contribution in [0.15, 0.2) is 36.7 Å². The number of aryl methyl sites for hydroxylation is 2. The zero-order chi connectivity index (χ0) is 12.3. The first-order valence-electron chi connectivity index (χ1n) is 5.67. The summed E-state index contributed by atoms with van der Waals surface area (Å²) in [5.41, 5.74) is 3.82. The molecule has 1 unspecified atom stereocenters. The van der Waals surface area contributed by atoms with Crippen LogP contribution in [0, 0.1) is 13.8 Å². The van der Waals surface area contributed by atoms with E-state index >= 15 is 0 Å². The third-order valence-electron chi connectivity index (χ3n) is 2.64. The standard InChI is InChI=1S/C14H16N2O/c1-10-6-13(7-11(2)16-10)14(17)8-12-4-3-5-15-9-12/h3-7,9,14,17H,8H2,1-2H3. The highest BCUT2D eigenvalue weighted by atomic mass is 16.3. The van der Waals surface area contributed by atoms with Crippen molar-refractivity contribution in [3.8, 4) is 0 Å². The molecule has 0 aliphatic heterocycles. The fraction of sp³-hybridized carbons (Fsp3) is 0.286. The van der Waals surface area contributed by atoms with Gasteiger partial charge in [-0.1, -0.05) is 6.07 Å². The van der Waals surface area contributed by atoms with Gasteiger partial charge in [0.25, 0.3) is 0 Å². The molecule has 0 fully saturated rings. The lowest BCUT2D eigenvalue weighted by Gasteiger charge is -2.12. The van der Waals surface area contributed by atoms with Crippen LogP contribution in [0.2, 0.25) is 0 Å². The first-order valence-corrected chi connectivity index (χ1v) is 5.67. The fourth-order valence-electron chi connectivity index (χ4n) is 1.92. The Bertz CT molecular complexity index is 477. The van der Waals surface area contributed by atoms with E-state index in [0.29, 0.717) is 6.42 Å². The number of aliphatic hydroxyl groups excluding tert-OH is 1. The first-order chi connectivity index (χ1) is 8.15. The molecule has 3 nitrogen and oxygen atoms in total. The minimum atomic E-state index is -0.500. The summed E-state index contributed by atoms with van der Waals surface area (Å²) < 4.78 is 0. The number of hydrogen-bond acceptors (Lipinski definition) is 3. The summed E-state index contributed by atoms with van der Waals surface area (Å²) in [6.07, 6.45) is 3.59. The topological polar surface area (TPSA) is 46.0 Å². The largest absolute Gasteiger partial charge is 0.388 e. The van der Waals surface area contributed by atoms with Crippen LogP contribution in [0.1, 0.15) is 28.6 Å². The molecule has 2 aromatic heterocycles. The smallest absolute Gasteiger partial charge is 0.0832 e. The summed E-state index contributed by atoms with van der Waals surface area (Å²) >= 11 is 0. The molecule has 17 heavy (non-hydrogen) atoms. The molecule has 2 aromatic rings. The van der Waals surface area contributed by atoms with Crippen LogP contribution in [0.25, 0.3) is 0 Å². The second-order valence-electron chi connectivity index (χ2n) is 4.26. The van der Waals surface area contributed by atoms with Crippen LogP contribution < -0.4 is 0 Å². The van der Waals surface area contributed by atoms with Crippen molar-refractivity contribution in [3.05, 3.63) is 59.2 Å². The molecular formula is C14H16N2O. The minimum absolute atomic E-state index is 0.500. The number of aromatic nitrogens is 2. The Balaban J connectivity index is 2.17. The second kappa shape index (κ2) is 5.06. The highest BCUT2D eigenvalue weighted by Gasteiger charge is 2.09. The van der Waals surface area contributed by atoms with Crippen molar-refractivity contribution in [2.45, 2.75) is 26.4 Å². The number of aliphatic hydroxyl groups is 1. The van der Waals surface area contributed by atoms with Gasteiger partial charge in [-0.15, -0.1) is 0 Å². The van der Waals surface area contributed by atoms with Gasteiger partial charge in [0.1, 0.15) is 0 Å². The lowest BCUT2D eigenvalue weighted by atomic mass is 10.0. The van der Waals surface area contributed by atoms with E-state index < -0.39 is 6.10 Å². The van der Waals surface area contributed by atoms with Gasteiger partial charge in [0.2, 0.25) is 0 Å². The maximum atomic E-state index is 10.2. The van der Waals surface area contributed by atoms with E-state index in [4.69, 9.17) is 0 Å². The Morgan fingerprint density at radius 3 is 2.53 bits per heavy atom. The van der Waals surface area contributed by atoms with Gasteiger partial charge in [-0.05, 0) is 43.2 Å². The molecule has 0 aliphatic carbocycles. The van der Waals surface area contributed by atoms with Gasteiger partial charge in [-0.25, -0.2) is 0 Å². The summed E-state index contributed by atoms with van der Waals surface area (Å²) in [7, 11) is 0. The van der Waals surface area contributed by atoms with E-state index in [1.807, 2.05) is 38.1 Å². The Morgan fingerprint density at radius 2 is 1.94 bits per heavy atom. The van der Waals surface area contributed by atoms with Crippen molar-refractivity contribution in [1.82, 2.24) is 9.97 Å². The first kappa shape index (κ1) is 11.7. The molecule has 88 valence electrons. The van der Waals surface area contributed by atoms with Crippen LogP contribution in [-0.4, -0.2) is 15.1 Å². The monoisotopic (exact) mass is 228 g/mol. The number of nitrogens with zero attached hydrogens (tertiary/aromatic N) is 2. The van der Waals surface area contributed by atoms with Gasteiger partial charge < -0.3 is 5.11 Å². The maximum absolute atomic E-state index is 10.2. The lowest BCUT2D eigenvalue weighted by molar-refractivity contribution is 0.178. The van der Waals surface area contributed by atoms with Gasteiger partial charge >= 0.3 is 0 Å². The molecule has 0 spiro atoms. The van der Waals surface area contributed by atoms with Gasteiger partial charge in [-0.3, -0.25) is 9.97 Å². The van der Waals surface area contributed by atoms with Gasteiger partial charge in [0.05, 0.1) is 6.10 Å². The Hall–Kier alpha value is -1.74. The van der Waals surface area contributed by atoms with Gasteiger partial charge in [0.15, 0.2) is 0 Å². The molecule has 0 amide bonds. The zero-order valence-electron chi connectivity index (χ0n) is 10.1. The molecule has 2 rings (SSSR count). The molecule has 1 atom stereocenters. The SMILES string of the molecule is Cc1cc(C(O)Cc2cccnc2)cc(C)n1. The molecule has 0 bridgehead atoms. The Kier molecular flexibility index (Phi) is 3.49. The second-order valence-corrected chi connectivity index (χ2v) is 4.26. The van der Waals surface area contributed by atoms with E-state index in [2.05, 4.69) is 9.97 Å². The molecule has 1 N–H and O–H groups in total. The van der Waals surface area contributed by atoms with Gasteiger partial charge in [0, 0.05) is 30.2 Å². The third kappa shape index (κ3) is 3.11. The lowest BCUT2D eigenvalue weighted by Crippen LogP contribution is -2.03. The number of hydrogen-bond donors (Lipinski definition) is 1. The van der Waals surface area contributed by atoms with Crippen molar-refractivity contribution >= 4 is 0 Å². The van der Waals surface area contributed by atoms with Crippen LogP contribution in [-0.2, 0) is 6.42 Å². The zero-order valence-corrected chi connectivity index (χ0v) is 10.1. The van der Waals surface area contributed by atoms with Crippen molar-refractivity contribution in [2.75, 3.05) is 0 Å². The summed E-state index contributed by atoms with van der Waals surface area (Å²) in [4.78, 5) is 8.34. The Labute approximate surface area is 101 Å². The van der Waals surface area contributed by atoms with Crippen molar-refractivity contribution in [3.63, 3.8) is 0 Å². The van der Waals surface area contributed by atoms with Crippen LogP contribution in [0.5, 0.6) is 0 Å². The van der Waals surface area contributed by atoms with Crippen molar-refractivity contribution < 1.29 is 5.11 Å². The maximum Gasteiger partial charge on any atom is 0.0832 e. The Morgan fingerprint density at radius 1 is 1.24 bits per heavy atom. The van der Waals surface area contributed by atoms with Crippen molar-refractivity contribution in [1.29, 1.82) is 0 Å². The summed E-state index contributed by atoms with van der Waals surface area (Å²) in [6.45, 7) is 3.88. The average Bonchev–Trinajstić information content (AvgIpc) is 2.29. The van der Waals surface area contributed by atoms with Crippen LogP contribution >= 0.6 is 0 Å². The average molecular weight is 228 g/mol. The quantitative estimate of drug-likeness (QED) is 0.877. The molecule has 2 heterocycles. The number of rotatable bonds is 3. The third-order valence-corrected chi connectivity index (χ3v) is 2.64. The molecular weight excluding hydrogens is 212 g/mol. The van der Waals surface area contributed by atoms with E-state index in [0.717, 1.165) is 22.5 Å². The molecule has 0 saturated heterocycles. The molecule has 3 heteroatoms. The van der Waals surface area contributed by atoms with Crippen LogP contribution in [0.3, 0.4) is 0 Å². The normalized spacial score (nSPS) is 12.4. The number of pyridine rings is 2. The predicted molar refractivity (Wildman–Crippen MR) is 66.6 cm³/mol. The molecule has 0 aromatic carbocycles. The van der Waals surface area contributed by atoms with E-state index in [-0.39, 0.29) is 0 Å².